The molecule has 0 unspecified atom stereocenters. The Bertz CT molecular complexity index is 241. The molecule has 0 atom stereocenters. The number of rotatable bonds is 2. The normalized spacial score (nSPS) is 19.7. The van der Waals surface area contributed by atoms with Crippen molar-refractivity contribution in [3.63, 3.8) is 0 Å². The van der Waals surface area contributed by atoms with Crippen molar-refractivity contribution in [2.75, 3.05) is 7.11 Å². The third-order valence-corrected chi connectivity index (χ3v) is 2.17. The maximum absolute atomic E-state index is 5.35. The van der Waals surface area contributed by atoms with Crippen LogP contribution < -0.4 is 0 Å². The molecule has 1 aromatic rings. The average molecular weight is 148 g/mol. The molecule has 2 nitrogen and oxygen atoms in total. The quantitative estimate of drug-likeness (QED) is 0.634. The van der Waals surface area contributed by atoms with Crippen LogP contribution in [0.3, 0.4) is 0 Å². The summed E-state index contributed by atoms with van der Waals surface area (Å²) in [6, 6.07) is 6.70. The van der Waals surface area contributed by atoms with Gasteiger partial charge < -0.3 is 4.74 Å². The molecule has 1 aliphatic carbocycles. The van der Waals surface area contributed by atoms with Gasteiger partial charge in [-0.2, -0.15) is 0 Å². The molecule has 11 heavy (non-hydrogen) atoms. The van der Waals surface area contributed by atoms with Gasteiger partial charge in [-0.25, -0.2) is 0 Å². The van der Waals surface area contributed by atoms with Crippen molar-refractivity contribution in [2.45, 2.75) is 18.4 Å². The van der Waals surface area contributed by atoms with E-state index in [4.69, 9.17) is 4.74 Å². The molecule has 1 heterocycles. The Hall–Kier alpha value is -0.890. The van der Waals surface area contributed by atoms with Gasteiger partial charge in [0.05, 0.1) is 5.69 Å². The molecular weight excluding hydrogens is 138 g/mol. The molecule has 0 bridgehead atoms. The maximum Gasteiger partial charge on any atom is 0.110 e. The topological polar surface area (TPSA) is 22.1 Å². The highest BCUT2D eigenvalue weighted by Crippen LogP contribution is 2.47. The van der Waals surface area contributed by atoms with Gasteiger partial charge in [-0.1, -0.05) is 0 Å². The van der Waals surface area contributed by atoms with Crippen molar-refractivity contribution in [3.05, 3.63) is 30.1 Å². The van der Waals surface area contributed by atoms with Gasteiger partial charge in [0, 0.05) is 13.3 Å². The molecule has 2 rings (SSSR count). The van der Waals surface area contributed by atoms with E-state index < -0.39 is 0 Å². The number of pyridine rings is 1. The second-order valence-corrected chi connectivity index (χ2v) is 2.84. The molecule has 1 radical (unpaired) electrons. The summed E-state index contributed by atoms with van der Waals surface area (Å²) in [6.07, 6.45) is 3.94. The van der Waals surface area contributed by atoms with Crippen LogP contribution in [0.1, 0.15) is 18.5 Å². The van der Waals surface area contributed by atoms with Crippen LogP contribution in [0.25, 0.3) is 0 Å². The van der Waals surface area contributed by atoms with Gasteiger partial charge in [-0.3, -0.25) is 4.98 Å². The van der Waals surface area contributed by atoms with Crippen LogP contribution in [0.5, 0.6) is 0 Å². The smallest absolute Gasteiger partial charge is 0.110 e. The minimum absolute atomic E-state index is 0.0578. The third-order valence-electron chi connectivity index (χ3n) is 2.17. The lowest BCUT2D eigenvalue weighted by molar-refractivity contribution is 0.0752. The van der Waals surface area contributed by atoms with Crippen molar-refractivity contribution in [1.29, 1.82) is 0 Å². The zero-order chi connectivity index (χ0) is 7.73. The average Bonchev–Trinajstić information content (AvgIpc) is 2.86. The first kappa shape index (κ1) is 6.80. The van der Waals surface area contributed by atoms with Gasteiger partial charge in [0.1, 0.15) is 5.60 Å². The lowest BCUT2D eigenvalue weighted by Crippen LogP contribution is -2.10. The minimum Gasteiger partial charge on any atom is -0.372 e. The number of methoxy groups -OCH3 is 1. The standard InChI is InChI=1S/C9H10NO/c1-11-9(5-6-9)8-4-2-3-7-10-8/h3-4,7H,5-6H2,1H3. The third kappa shape index (κ3) is 1.03. The second kappa shape index (κ2) is 2.31. The molecule has 1 aliphatic rings. The van der Waals surface area contributed by atoms with E-state index in [0.29, 0.717) is 0 Å². The fourth-order valence-electron chi connectivity index (χ4n) is 1.25. The highest BCUT2D eigenvalue weighted by atomic mass is 16.5. The molecular formula is C9H10NO. The van der Waals surface area contributed by atoms with Gasteiger partial charge in [0.2, 0.25) is 0 Å². The van der Waals surface area contributed by atoms with E-state index in [1.807, 2.05) is 6.07 Å². The molecule has 0 spiro atoms. The van der Waals surface area contributed by atoms with Gasteiger partial charge in [-0.05, 0) is 31.0 Å². The van der Waals surface area contributed by atoms with Crippen LogP contribution in [0.4, 0.5) is 0 Å². The van der Waals surface area contributed by atoms with Crippen LogP contribution in [-0.2, 0) is 10.3 Å². The van der Waals surface area contributed by atoms with E-state index >= 15 is 0 Å². The highest BCUT2D eigenvalue weighted by molar-refractivity contribution is 5.19. The minimum atomic E-state index is -0.0578. The maximum atomic E-state index is 5.35. The lowest BCUT2D eigenvalue weighted by atomic mass is 10.2. The first-order valence-corrected chi connectivity index (χ1v) is 3.75. The Morgan fingerprint density at radius 3 is 2.91 bits per heavy atom. The van der Waals surface area contributed by atoms with Crippen molar-refractivity contribution >= 4 is 0 Å². The van der Waals surface area contributed by atoms with Crippen LogP contribution in [0, 0.1) is 6.07 Å². The highest BCUT2D eigenvalue weighted by Gasteiger charge is 2.45. The summed E-state index contributed by atoms with van der Waals surface area (Å²) in [5.41, 5.74) is 0.958. The number of hydrogen-bond donors (Lipinski definition) is 0. The summed E-state index contributed by atoms with van der Waals surface area (Å²) >= 11 is 0. The van der Waals surface area contributed by atoms with Gasteiger partial charge >= 0.3 is 0 Å². The van der Waals surface area contributed by atoms with Gasteiger partial charge in [0.15, 0.2) is 0 Å². The monoisotopic (exact) mass is 148 g/mol. The summed E-state index contributed by atoms with van der Waals surface area (Å²) in [4.78, 5) is 4.23. The molecule has 1 aromatic heterocycles. The summed E-state index contributed by atoms with van der Waals surface area (Å²) in [5.74, 6) is 0. The van der Waals surface area contributed by atoms with Gasteiger partial charge in [-0.15, -0.1) is 0 Å². The Kier molecular flexibility index (Phi) is 1.43. The number of aromatic nitrogens is 1. The van der Waals surface area contributed by atoms with Crippen molar-refractivity contribution in [3.8, 4) is 0 Å². The summed E-state index contributed by atoms with van der Waals surface area (Å²) in [6.45, 7) is 0. The second-order valence-electron chi connectivity index (χ2n) is 2.84. The van der Waals surface area contributed by atoms with E-state index in [9.17, 15) is 0 Å². The molecule has 1 fully saturated rings. The van der Waals surface area contributed by atoms with E-state index in [0.717, 1.165) is 18.5 Å². The fourth-order valence-corrected chi connectivity index (χ4v) is 1.25. The molecule has 2 heteroatoms. The molecule has 57 valence electrons. The predicted octanol–water partition coefficient (Wildman–Crippen LogP) is 1.52. The van der Waals surface area contributed by atoms with E-state index in [1.54, 1.807) is 19.4 Å². The number of hydrogen-bond acceptors (Lipinski definition) is 2. The lowest BCUT2D eigenvalue weighted by Gasteiger charge is -2.10. The number of ether oxygens (including phenoxy) is 1. The molecule has 1 saturated carbocycles. The fraction of sp³-hybridized carbons (Fsp3) is 0.444. The summed E-state index contributed by atoms with van der Waals surface area (Å²) in [7, 11) is 1.74. The van der Waals surface area contributed by atoms with Crippen LogP contribution >= 0.6 is 0 Å². The first-order valence-electron chi connectivity index (χ1n) is 3.75. The van der Waals surface area contributed by atoms with Crippen LogP contribution in [0.2, 0.25) is 0 Å². The molecule has 0 aromatic carbocycles. The molecule has 0 aliphatic heterocycles. The summed E-state index contributed by atoms with van der Waals surface area (Å²) in [5, 5.41) is 0. The molecule has 0 amide bonds. The van der Waals surface area contributed by atoms with Crippen LogP contribution in [0.15, 0.2) is 18.3 Å². The Balaban J connectivity index is 2.30. The SMILES string of the molecule is COC1(c2c[c]ccn2)CC1. The summed E-state index contributed by atoms with van der Waals surface area (Å²) < 4.78 is 5.35. The predicted molar refractivity (Wildman–Crippen MR) is 41.0 cm³/mol. The zero-order valence-electron chi connectivity index (χ0n) is 6.50. The zero-order valence-corrected chi connectivity index (χ0v) is 6.50. The molecule has 0 N–H and O–H groups in total. The van der Waals surface area contributed by atoms with E-state index in [1.165, 1.54) is 0 Å². The van der Waals surface area contributed by atoms with Crippen molar-refractivity contribution in [1.82, 2.24) is 4.98 Å². The Labute approximate surface area is 66.2 Å². The largest absolute Gasteiger partial charge is 0.372 e. The van der Waals surface area contributed by atoms with E-state index in [2.05, 4.69) is 11.1 Å². The molecule has 0 saturated heterocycles. The van der Waals surface area contributed by atoms with Gasteiger partial charge in [0.25, 0.3) is 0 Å². The number of nitrogens with zero attached hydrogens (tertiary/aromatic N) is 1. The first-order chi connectivity index (χ1) is 5.37. The van der Waals surface area contributed by atoms with Crippen molar-refractivity contribution in [2.24, 2.45) is 0 Å². The Morgan fingerprint density at radius 2 is 2.45 bits per heavy atom. The van der Waals surface area contributed by atoms with Crippen LogP contribution in [-0.4, -0.2) is 12.1 Å². The van der Waals surface area contributed by atoms with E-state index in [-0.39, 0.29) is 5.60 Å². The Morgan fingerprint density at radius 1 is 1.64 bits per heavy atom. The van der Waals surface area contributed by atoms with Crippen molar-refractivity contribution < 1.29 is 4.74 Å².